The zero-order valence-corrected chi connectivity index (χ0v) is 13.1. The Morgan fingerprint density at radius 1 is 1.35 bits per heavy atom. The molecule has 0 bridgehead atoms. The van der Waals surface area contributed by atoms with Crippen molar-refractivity contribution in [2.75, 3.05) is 13.1 Å². The van der Waals surface area contributed by atoms with Crippen LogP contribution >= 0.6 is 0 Å². The summed E-state index contributed by atoms with van der Waals surface area (Å²) in [7, 11) is 0. The summed E-state index contributed by atoms with van der Waals surface area (Å²) in [5.74, 6) is -0.874. The van der Waals surface area contributed by atoms with E-state index in [0.717, 1.165) is 30.7 Å². The zero-order chi connectivity index (χ0) is 16.4. The van der Waals surface area contributed by atoms with E-state index in [-0.39, 0.29) is 6.04 Å². The third-order valence-electron chi connectivity index (χ3n) is 4.40. The van der Waals surface area contributed by atoms with Crippen molar-refractivity contribution in [3.63, 3.8) is 0 Å². The molecule has 4 nitrogen and oxygen atoms in total. The number of halogens is 2. The molecule has 124 valence electrons. The lowest BCUT2D eigenvalue weighted by atomic mass is 10.0. The molecule has 1 aromatic heterocycles. The van der Waals surface area contributed by atoms with Crippen LogP contribution in [0.25, 0.3) is 0 Å². The number of β-amino-alcohol motifs (C(OH)–C–C–N with tert-alkyl or cyclic N) is 1. The Morgan fingerprint density at radius 2 is 2.17 bits per heavy atom. The summed E-state index contributed by atoms with van der Waals surface area (Å²) < 4.78 is 29.4. The van der Waals surface area contributed by atoms with Crippen LogP contribution in [0.2, 0.25) is 0 Å². The molecule has 1 aromatic carbocycles. The van der Waals surface area contributed by atoms with Crippen molar-refractivity contribution in [1.82, 2.24) is 14.7 Å². The van der Waals surface area contributed by atoms with Gasteiger partial charge in [0.2, 0.25) is 0 Å². The summed E-state index contributed by atoms with van der Waals surface area (Å²) >= 11 is 0. The Morgan fingerprint density at radius 3 is 2.91 bits per heavy atom. The fourth-order valence-corrected chi connectivity index (χ4v) is 3.20. The molecular weight excluding hydrogens is 300 g/mol. The van der Waals surface area contributed by atoms with Crippen molar-refractivity contribution >= 4 is 0 Å². The van der Waals surface area contributed by atoms with Crippen LogP contribution in [0.5, 0.6) is 0 Å². The highest BCUT2D eigenvalue weighted by atomic mass is 19.1. The minimum absolute atomic E-state index is 0.290. The highest BCUT2D eigenvalue weighted by Crippen LogP contribution is 2.34. The third-order valence-corrected chi connectivity index (χ3v) is 4.40. The molecule has 0 aliphatic carbocycles. The molecule has 0 unspecified atom stereocenters. The molecule has 3 rings (SSSR count). The predicted octanol–water partition coefficient (Wildman–Crippen LogP) is 2.53. The monoisotopic (exact) mass is 321 g/mol. The van der Waals surface area contributed by atoms with Crippen molar-refractivity contribution in [2.45, 2.75) is 38.5 Å². The van der Waals surface area contributed by atoms with E-state index in [1.165, 1.54) is 6.07 Å². The van der Waals surface area contributed by atoms with Crippen molar-refractivity contribution in [3.8, 4) is 0 Å². The highest BCUT2D eigenvalue weighted by Gasteiger charge is 2.33. The number of likely N-dealkylation sites (tertiary alicyclic amines) is 1. The van der Waals surface area contributed by atoms with E-state index in [1.807, 2.05) is 28.9 Å². The molecule has 2 heterocycles. The van der Waals surface area contributed by atoms with E-state index in [9.17, 15) is 13.9 Å². The quantitative estimate of drug-likeness (QED) is 0.920. The molecule has 0 amide bonds. The number of aryl methyl sites for hydroxylation is 1. The Labute approximate surface area is 134 Å². The molecule has 2 atom stereocenters. The summed E-state index contributed by atoms with van der Waals surface area (Å²) in [5, 5.41) is 14.2. The maximum absolute atomic E-state index is 14.0. The molecule has 0 radical (unpaired) electrons. The molecule has 1 N–H and O–H groups in total. The van der Waals surface area contributed by atoms with Crippen LogP contribution in [0.15, 0.2) is 30.6 Å². The zero-order valence-electron chi connectivity index (χ0n) is 13.1. The number of rotatable bonds is 5. The van der Waals surface area contributed by atoms with Crippen molar-refractivity contribution in [1.29, 1.82) is 0 Å². The number of aromatic nitrogens is 2. The fraction of sp³-hybridized carbons (Fsp3) is 0.471. The summed E-state index contributed by atoms with van der Waals surface area (Å²) in [6.07, 6.45) is 4.49. The van der Waals surface area contributed by atoms with Crippen molar-refractivity contribution in [3.05, 3.63) is 53.4 Å². The lowest BCUT2D eigenvalue weighted by molar-refractivity contribution is 0.175. The van der Waals surface area contributed by atoms with Gasteiger partial charge < -0.3 is 5.11 Å². The van der Waals surface area contributed by atoms with Gasteiger partial charge in [-0.3, -0.25) is 9.58 Å². The van der Waals surface area contributed by atoms with Crippen molar-refractivity contribution in [2.24, 2.45) is 0 Å². The SMILES string of the molecule is CCn1cc(CCN2C[C@H](O)C[C@H]2c2cc(F)ccc2F)cn1. The van der Waals surface area contributed by atoms with E-state index >= 15 is 0 Å². The molecule has 2 aromatic rings. The first-order chi connectivity index (χ1) is 11.1. The van der Waals surface area contributed by atoms with E-state index in [2.05, 4.69) is 5.10 Å². The van der Waals surface area contributed by atoms with Gasteiger partial charge in [0.25, 0.3) is 0 Å². The lowest BCUT2D eigenvalue weighted by Gasteiger charge is -2.24. The van der Waals surface area contributed by atoms with E-state index in [1.54, 1.807) is 0 Å². The van der Waals surface area contributed by atoms with Gasteiger partial charge in [-0.2, -0.15) is 5.10 Å². The van der Waals surface area contributed by atoms with Gasteiger partial charge in [-0.05, 0) is 43.5 Å². The van der Waals surface area contributed by atoms with E-state index < -0.39 is 17.7 Å². The first kappa shape index (κ1) is 16.1. The van der Waals surface area contributed by atoms with Crippen LogP contribution in [0.4, 0.5) is 8.78 Å². The number of aliphatic hydroxyl groups excluding tert-OH is 1. The molecule has 1 saturated heterocycles. The van der Waals surface area contributed by atoms with Gasteiger partial charge in [-0.25, -0.2) is 8.78 Å². The second-order valence-electron chi connectivity index (χ2n) is 6.02. The number of benzene rings is 1. The van der Waals surface area contributed by atoms with Crippen LogP contribution in [0, 0.1) is 11.6 Å². The minimum Gasteiger partial charge on any atom is -0.392 e. The maximum atomic E-state index is 14.0. The predicted molar refractivity (Wildman–Crippen MR) is 82.9 cm³/mol. The summed E-state index contributed by atoms with van der Waals surface area (Å²) in [6, 6.07) is 3.22. The van der Waals surface area contributed by atoms with Gasteiger partial charge in [-0.1, -0.05) is 0 Å². The lowest BCUT2D eigenvalue weighted by Crippen LogP contribution is -2.27. The topological polar surface area (TPSA) is 41.3 Å². The summed E-state index contributed by atoms with van der Waals surface area (Å²) in [6.45, 7) is 3.99. The molecule has 0 spiro atoms. The highest BCUT2D eigenvalue weighted by molar-refractivity contribution is 5.24. The second-order valence-corrected chi connectivity index (χ2v) is 6.02. The van der Waals surface area contributed by atoms with Gasteiger partial charge >= 0.3 is 0 Å². The number of hydrogen-bond donors (Lipinski definition) is 1. The van der Waals surface area contributed by atoms with Crippen LogP contribution < -0.4 is 0 Å². The van der Waals surface area contributed by atoms with Crippen LogP contribution in [-0.4, -0.2) is 39.0 Å². The molecule has 23 heavy (non-hydrogen) atoms. The Balaban J connectivity index is 1.73. The van der Waals surface area contributed by atoms with Crippen LogP contribution in [0.3, 0.4) is 0 Å². The number of aliphatic hydroxyl groups is 1. The smallest absolute Gasteiger partial charge is 0.128 e. The summed E-state index contributed by atoms with van der Waals surface area (Å²) in [4.78, 5) is 2.02. The Hall–Kier alpha value is -1.79. The summed E-state index contributed by atoms with van der Waals surface area (Å²) in [5.41, 5.74) is 1.43. The second kappa shape index (κ2) is 6.76. The average Bonchev–Trinajstić information content (AvgIpc) is 3.13. The molecule has 1 aliphatic rings. The maximum Gasteiger partial charge on any atom is 0.128 e. The molecule has 1 aliphatic heterocycles. The van der Waals surface area contributed by atoms with E-state index in [0.29, 0.717) is 25.1 Å². The normalized spacial score (nSPS) is 21.9. The number of nitrogens with zero attached hydrogens (tertiary/aromatic N) is 3. The Bertz CT molecular complexity index is 674. The number of hydrogen-bond acceptors (Lipinski definition) is 3. The van der Waals surface area contributed by atoms with Gasteiger partial charge in [0.1, 0.15) is 11.6 Å². The van der Waals surface area contributed by atoms with Gasteiger partial charge in [0.05, 0.1) is 12.3 Å². The molecule has 1 fully saturated rings. The van der Waals surface area contributed by atoms with Gasteiger partial charge in [0, 0.05) is 37.4 Å². The largest absolute Gasteiger partial charge is 0.392 e. The fourth-order valence-electron chi connectivity index (χ4n) is 3.20. The first-order valence-electron chi connectivity index (χ1n) is 7.95. The van der Waals surface area contributed by atoms with Crippen molar-refractivity contribution < 1.29 is 13.9 Å². The molecule has 0 saturated carbocycles. The van der Waals surface area contributed by atoms with Gasteiger partial charge in [-0.15, -0.1) is 0 Å². The van der Waals surface area contributed by atoms with E-state index in [4.69, 9.17) is 0 Å². The van der Waals surface area contributed by atoms with Crippen LogP contribution in [-0.2, 0) is 13.0 Å². The average molecular weight is 321 g/mol. The molecular formula is C17H21F2N3O. The first-order valence-corrected chi connectivity index (χ1v) is 7.95. The Kier molecular flexibility index (Phi) is 4.73. The minimum atomic E-state index is -0.513. The van der Waals surface area contributed by atoms with Gasteiger partial charge in [0.15, 0.2) is 0 Å². The molecule has 6 heteroatoms. The van der Waals surface area contributed by atoms with Crippen LogP contribution in [0.1, 0.15) is 30.5 Å². The standard InChI is InChI=1S/C17H21F2N3O/c1-2-22-10-12(9-20-22)5-6-21-11-14(23)8-17(21)15-7-13(18)3-4-16(15)19/h3-4,7,9-10,14,17,23H,2,5-6,8,11H2,1H3/t14-,17+/m1/s1. The third kappa shape index (κ3) is 3.59.